The standard InChI is InChI=1S/C19H32N2/c1-5-15-20-18(17-9-7-6-8-10-17)19(21(3)4)13-11-16(2)12-14-19/h6-10,16,18,20H,5,11-15H2,1-4H3. The van der Waals surface area contributed by atoms with Crippen molar-refractivity contribution in [2.24, 2.45) is 5.92 Å². The van der Waals surface area contributed by atoms with E-state index in [0.29, 0.717) is 6.04 Å². The second-order valence-corrected chi connectivity index (χ2v) is 6.98. The van der Waals surface area contributed by atoms with Crippen LogP contribution in [0.2, 0.25) is 0 Å². The molecule has 1 aromatic carbocycles. The van der Waals surface area contributed by atoms with E-state index < -0.39 is 0 Å². The van der Waals surface area contributed by atoms with Crippen molar-refractivity contribution in [3.05, 3.63) is 35.9 Å². The topological polar surface area (TPSA) is 15.3 Å². The third kappa shape index (κ3) is 3.67. The summed E-state index contributed by atoms with van der Waals surface area (Å²) in [6.45, 7) is 5.74. The van der Waals surface area contributed by atoms with Crippen molar-refractivity contribution in [3.63, 3.8) is 0 Å². The molecule has 1 aliphatic rings. The SMILES string of the molecule is CCCNC(c1ccccc1)C1(N(C)C)CCC(C)CC1. The summed E-state index contributed by atoms with van der Waals surface area (Å²) in [7, 11) is 4.53. The zero-order valence-electron chi connectivity index (χ0n) is 14.2. The fourth-order valence-corrected chi connectivity index (χ4v) is 3.81. The first-order valence-electron chi connectivity index (χ1n) is 8.56. The Kier molecular flexibility index (Phi) is 5.83. The van der Waals surface area contributed by atoms with Gasteiger partial charge in [-0.2, -0.15) is 0 Å². The highest BCUT2D eigenvalue weighted by atomic mass is 15.2. The minimum Gasteiger partial charge on any atom is -0.308 e. The first-order chi connectivity index (χ1) is 10.1. The molecule has 1 atom stereocenters. The average molecular weight is 288 g/mol. The van der Waals surface area contributed by atoms with Gasteiger partial charge >= 0.3 is 0 Å². The first-order valence-corrected chi connectivity index (χ1v) is 8.56. The molecular formula is C19H32N2. The Hall–Kier alpha value is -0.860. The van der Waals surface area contributed by atoms with Crippen LogP contribution in [-0.4, -0.2) is 31.1 Å². The fourth-order valence-electron chi connectivity index (χ4n) is 3.81. The fraction of sp³-hybridized carbons (Fsp3) is 0.684. The van der Waals surface area contributed by atoms with Gasteiger partial charge in [0, 0.05) is 5.54 Å². The largest absolute Gasteiger partial charge is 0.308 e. The summed E-state index contributed by atoms with van der Waals surface area (Å²) in [4.78, 5) is 2.49. The number of hydrogen-bond donors (Lipinski definition) is 1. The van der Waals surface area contributed by atoms with Crippen molar-refractivity contribution in [1.82, 2.24) is 10.2 Å². The number of nitrogens with one attached hydrogen (secondary N) is 1. The summed E-state index contributed by atoms with van der Waals surface area (Å²) in [5.74, 6) is 0.876. The number of rotatable bonds is 6. The quantitative estimate of drug-likeness (QED) is 0.842. The summed E-state index contributed by atoms with van der Waals surface area (Å²) < 4.78 is 0. The van der Waals surface area contributed by atoms with Gasteiger partial charge in [0.05, 0.1) is 6.04 Å². The van der Waals surface area contributed by atoms with Crippen LogP contribution in [0.15, 0.2) is 30.3 Å². The van der Waals surface area contributed by atoms with Gasteiger partial charge in [0.25, 0.3) is 0 Å². The maximum absolute atomic E-state index is 3.85. The average Bonchev–Trinajstić information content (AvgIpc) is 2.50. The lowest BCUT2D eigenvalue weighted by Crippen LogP contribution is -2.55. The number of benzene rings is 1. The van der Waals surface area contributed by atoms with Crippen LogP contribution in [0.4, 0.5) is 0 Å². The molecule has 1 aromatic rings. The number of likely N-dealkylation sites (N-methyl/N-ethyl adjacent to an activating group) is 1. The third-order valence-corrected chi connectivity index (χ3v) is 5.30. The maximum atomic E-state index is 3.85. The molecule has 0 amide bonds. The molecule has 0 aliphatic heterocycles. The minimum absolute atomic E-state index is 0.253. The summed E-state index contributed by atoms with van der Waals surface area (Å²) >= 11 is 0. The zero-order valence-corrected chi connectivity index (χ0v) is 14.2. The van der Waals surface area contributed by atoms with Crippen molar-refractivity contribution in [3.8, 4) is 0 Å². The molecular weight excluding hydrogens is 256 g/mol. The summed E-state index contributed by atoms with van der Waals surface area (Å²) in [5, 5.41) is 3.85. The van der Waals surface area contributed by atoms with Crippen LogP contribution < -0.4 is 5.32 Å². The Morgan fingerprint density at radius 3 is 2.33 bits per heavy atom. The van der Waals surface area contributed by atoms with Crippen molar-refractivity contribution in [1.29, 1.82) is 0 Å². The van der Waals surface area contributed by atoms with Crippen LogP contribution in [0.3, 0.4) is 0 Å². The van der Waals surface area contributed by atoms with E-state index in [1.54, 1.807) is 0 Å². The van der Waals surface area contributed by atoms with Gasteiger partial charge in [-0.1, -0.05) is 44.2 Å². The van der Waals surface area contributed by atoms with Crippen molar-refractivity contribution >= 4 is 0 Å². The molecule has 1 N–H and O–H groups in total. The molecule has 0 aromatic heterocycles. The highest BCUT2D eigenvalue weighted by molar-refractivity contribution is 5.24. The lowest BCUT2D eigenvalue weighted by Gasteiger charge is -2.50. The molecule has 118 valence electrons. The van der Waals surface area contributed by atoms with Gasteiger partial charge in [-0.25, -0.2) is 0 Å². The van der Waals surface area contributed by atoms with Gasteiger partial charge in [0.2, 0.25) is 0 Å². The molecule has 1 aliphatic carbocycles. The van der Waals surface area contributed by atoms with Gasteiger partial charge in [-0.3, -0.25) is 0 Å². The van der Waals surface area contributed by atoms with Gasteiger partial charge in [0.1, 0.15) is 0 Å². The summed E-state index contributed by atoms with van der Waals surface area (Å²) in [6, 6.07) is 11.5. The lowest BCUT2D eigenvalue weighted by atomic mass is 9.70. The van der Waals surface area contributed by atoms with E-state index in [0.717, 1.165) is 12.5 Å². The van der Waals surface area contributed by atoms with Crippen molar-refractivity contribution in [2.75, 3.05) is 20.6 Å². The Balaban J connectivity index is 2.31. The van der Waals surface area contributed by atoms with E-state index in [2.05, 4.69) is 68.5 Å². The smallest absolute Gasteiger partial charge is 0.0506 e. The van der Waals surface area contributed by atoms with Crippen molar-refractivity contribution in [2.45, 2.75) is 57.5 Å². The molecule has 0 saturated heterocycles. The molecule has 2 heteroatoms. The molecule has 0 bridgehead atoms. The second kappa shape index (κ2) is 7.42. The monoisotopic (exact) mass is 288 g/mol. The van der Waals surface area contributed by atoms with Gasteiger partial charge < -0.3 is 10.2 Å². The third-order valence-electron chi connectivity index (χ3n) is 5.30. The molecule has 1 saturated carbocycles. The van der Waals surface area contributed by atoms with E-state index in [9.17, 15) is 0 Å². The lowest BCUT2D eigenvalue weighted by molar-refractivity contribution is 0.0429. The van der Waals surface area contributed by atoms with Gasteiger partial charge in [0.15, 0.2) is 0 Å². The van der Waals surface area contributed by atoms with E-state index in [-0.39, 0.29) is 5.54 Å². The Labute approximate surface area is 130 Å². The van der Waals surface area contributed by atoms with E-state index in [1.807, 2.05) is 0 Å². The van der Waals surface area contributed by atoms with E-state index in [4.69, 9.17) is 0 Å². The molecule has 0 heterocycles. The maximum Gasteiger partial charge on any atom is 0.0506 e. The summed E-state index contributed by atoms with van der Waals surface area (Å²) in [6.07, 6.45) is 6.45. The highest BCUT2D eigenvalue weighted by Crippen LogP contribution is 2.43. The number of nitrogens with zero attached hydrogens (tertiary/aromatic N) is 1. The van der Waals surface area contributed by atoms with Crippen LogP contribution in [0.25, 0.3) is 0 Å². The Morgan fingerprint density at radius 1 is 1.19 bits per heavy atom. The number of hydrogen-bond acceptors (Lipinski definition) is 2. The van der Waals surface area contributed by atoms with E-state index in [1.165, 1.54) is 37.7 Å². The first kappa shape index (κ1) is 16.5. The molecule has 1 unspecified atom stereocenters. The zero-order chi connectivity index (χ0) is 15.3. The molecule has 0 spiro atoms. The van der Waals surface area contributed by atoms with E-state index >= 15 is 0 Å². The predicted octanol–water partition coefficient (Wildman–Crippen LogP) is 4.24. The highest BCUT2D eigenvalue weighted by Gasteiger charge is 2.43. The normalized spacial score (nSPS) is 27.8. The molecule has 21 heavy (non-hydrogen) atoms. The van der Waals surface area contributed by atoms with Crippen LogP contribution in [-0.2, 0) is 0 Å². The molecule has 1 fully saturated rings. The van der Waals surface area contributed by atoms with Crippen molar-refractivity contribution < 1.29 is 0 Å². The second-order valence-electron chi connectivity index (χ2n) is 6.98. The van der Waals surface area contributed by atoms with Crippen LogP contribution in [0.1, 0.15) is 57.6 Å². The Morgan fingerprint density at radius 2 is 1.81 bits per heavy atom. The summed E-state index contributed by atoms with van der Waals surface area (Å²) in [5.41, 5.74) is 1.69. The van der Waals surface area contributed by atoms with Crippen LogP contribution >= 0.6 is 0 Å². The molecule has 2 rings (SSSR count). The van der Waals surface area contributed by atoms with Gasteiger partial charge in [-0.15, -0.1) is 0 Å². The van der Waals surface area contributed by atoms with Crippen LogP contribution in [0.5, 0.6) is 0 Å². The molecule has 0 radical (unpaired) electrons. The van der Waals surface area contributed by atoms with Crippen LogP contribution in [0, 0.1) is 5.92 Å². The minimum atomic E-state index is 0.253. The Bertz CT molecular complexity index is 405. The molecule has 2 nitrogen and oxygen atoms in total. The van der Waals surface area contributed by atoms with Gasteiger partial charge in [-0.05, 0) is 64.2 Å². The predicted molar refractivity (Wildman–Crippen MR) is 91.5 cm³/mol.